The molecule has 0 N–H and O–H groups in total. The normalized spacial score (nSPS) is 11.5. The Labute approximate surface area is 147 Å². The van der Waals surface area contributed by atoms with E-state index in [2.05, 4.69) is 25.9 Å². The summed E-state index contributed by atoms with van der Waals surface area (Å²) in [7, 11) is 4.27. The Kier molecular flexibility index (Phi) is 19.9. The van der Waals surface area contributed by atoms with Crippen molar-refractivity contribution in [1.29, 1.82) is 0 Å². The Morgan fingerprint density at radius 2 is 0.913 bits per heavy atom. The molecule has 23 heavy (non-hydrogen) atoms. The van der Waals surface area contributed by atoms with Crippen LogP contribution in [0.5, 0.6) is 0 Å². The summed E-state index contributed by atoms with van der Waals surface area (Å²) < 4.78 is 5.70. The van der Waals surface area contributed by atoms with Crippen LogP contribution in [-0.2, 0) is 4.74 Å². The van der Waals surface area contributed by atoms with Gasteiger partial charge in [-0.3, -0.25) is 0 Å². The molecule has 0 saturated heterocycles. The maximum Gasteiger partial charge on any atom is 0.0466 e. The van der Waals surface area contributed by atoms with Gasteiger partial charge in [-0.15, -0.1) is 0 Å². The van der Waals surface area contributed by atoms with Gasteiger partial charge in [0.2, 0.25) is 0 Å². The van der Waals surface area contributed by atoms with E-state index in [9.17, 15) is 0 Å². The van der Waals surface area contributed by atoms with Gasteiger partial charge in [-0.05, 0) is 39.9 Å². The Hall–Kier alpha value is -0.0800. The van der Waals surface area contributed by atoms with Crippen molar-refractivity contribution in [3.05, 3.63) is 0 Å². The van der Waals surface area contributed by atoms with Gasteiger partial charge in [-0.25, -0.2) is 0 Å². The van der Waals surface area contributed by atoms with Gasteiger partial charge in [0.25, 0.3) is 0 Å². The van der Waals surface area contributed by atoms with Crippen LogP contribution in [0.15, 0.2) is 0 Å². The van der Waals surface area contributed by atoms with Crippen LogP contribution in [0.1, 0.15) is 103 Å². The predicted octanol–water partition coefficient (Wildman–Crippen LogP) is 6.44. The number of ether oxygens (including phenoxy) is 1. The monoisotopic (exact) mass is 327 g/mol. The van der Waals surface area contributed by atoms with Crippen LogP contribution in [0.2, 0.25) is 0 Å². The molecule has 2 heteroatoms. The summed E-state index contributed by atoms with van der Waals surface area (Å²) in [4.78, 5) is 2.24. The van der Waals surface area contributed by atoms with Gasteiger partial charge in [-0.2, -0.15) is 0 Å². The third kappa shape index (κ3) is 21.9. The molecule has 0 bridgehead atoms. The molecule has 0 fully saturated rings. The van der Waals surface area contributed by atoms with E-state index in [-0.39, 0.29) is 0 Å². The Balaban J connectivity index is 2.95. The Morgan fingerprint density at radius 3 is 1.35 bits per heavy atom. The third-order valence-electron chi connectivity index (χ3n) is 4.54. The molecule has 0 spiro atoms. The summed E-state index contributed by atoms with van der Waals surface area (Å²) >= 11 is 0. The average molecular weight is 328 g/mol. The van der Waals surface area contributed by atoms with E-state index in [0.717, 1.165) is 13.2 Å². The molecule has 0 aromatic carbocycles. The first-order valence-corrected chi connectivity index (χ1v) is 10.5. The molecule has 0 rings (SSSR count). The van der Waals surface area contributed by atoms with Gasteiger partial charge in [0.1, 0.15) is 0 Å². The summed E-state index contributed by atoms with van der Waals surface area (Å²) in [5.74, 6) is 0. The summed E-state index contributed by atoms with van der Waals surface area (Å²) in [6.45, 7) is 5.40. The maximum absolute atomic E-state index is 5.70. The van der Waals surface area contributed by atoms with E-state index in [1.165, 1.54) is 103 Å². The highest BCUT2D eigenvalue weighted by Gasteiger charge is 1.95. The van der Waals surface area contributed by atoms with Crippen molar-refractivity contribution in [2.75, 3.05) is 33.9 Å². The Morgan fingerprint density at radius 1 is 0.522 bits per heavy atom. The minimum absolute atomic E-state index is 0.950. The van der Waals surface area contributed by atoms with E-state index < -0.39 is 0 Å². The quantitative estimate of drug-likeness (QED) is 0.253. The highest BCUT2D eigenvalue weighted by Crippen LogP contribution is 2.12. The minimum Gasteiger partial charge on any atom is -0.381 e. The molecule has 2 nitrogen and oxygen atoms in total. The van der Waals surface area contributed by atoms with Crippen LogP contribution < -0.4 is 0 Å². The lowest BCUT2D eigenvalue weighted by molar-refractivity contribution is 0.124. The molecule has 0 aromatic rings. The fourth-order valence-corrected chi connectivity index (χ4v) is 2.96. The predicted molar refractivity (Wildman–Crippen MR) is 104 cm³/mol. The number of nitrogens with zero attached hydrogens (tertiary/aromatic N) is 1. The first kappa shape index (κ1) is 22.9. The minimum atomic E-state index is 0.950. The lowest BCUT2D eigenvalue weighted by atomic mass is 10.0. The molecule has 0 saturated carbocycles. The van der Waals surface area contributed by atoms with Crippen molar-refractivity contribution in [3.63, 3.8) is 0 Å². The molecule has 0 aliphatic rings. The summed E-state index contributed by atoms with van der Waals surface area (Å²) in [5, 5.41) is 0. The zero-order valence-corrected chi connectivity index (χ0v) is 16.6. The van der Waals surface area contributed by atoms with Gasteiger partial charge in [0.15, 0.2) is 0 Å². The van der Waals surface area contributed by atoms with Gasteiger partial charge < -0.3 is 9.64 Å². The molecular formula is C21H45NO. The van der Waals surface area contributed by atoms with Crippen molar-refractivity contribution in [2.45, 2.75) is 103 Å². The van der Waals surface area contributed by atoms with Crippen LogP contribution in [0, 0.1) is 0 Å². The van der Waals surface area contributed by atoms with Gasteiger partial charge in [-0.1, -0.05) is 84.0 Å². The fourth-order valence-electron chi connectivity index (χ4n) is 2.96. The zero-order chi connectivity index (χ0) is 17.0. The summed E-state index contributed by atoms with van der Waals surface area (Å²) in [5.41, 5.74) is 0. The van der Waals surface area contributed by atoms with E-state index >= 15 is 0 Å². The highest BCUT2D eigenvalue weighted by atomic mass is 16.5. The fraction of sp³-hybridized carbons (Fsp3) is 1.00. The van der Waals surface area contributed by atoms with Gasteiger partial charge >= 0.3 is 0 Å². The second kappa shape index (κ2) is 20.0. The van der Waals surface area contributed by atoms with Crippen molar-refractivity contribution in [1.82, 2.24) is 4.90 Å². The molecule has 0 aliphatic heterocycles. The summed E-state index contributed by atoms with van der Waals surface area (Å²) in [6, 6.07) is 0. The molecule has 0 heterocycles. The van der Waals surface area contributed by atoms with Crippen molar-refractivity contribution < 1.29 is 4.74 Å². The van der Waals surface area contributed by atoms with Crippen LogP contribution in [-0.4, -0.2) is 38.8 Å². The summed E-state index contributed by atoms with van der Waals surface area (Å²) in [6.07, 6.45) is 20.9. The largest absolute Gasteiger partial charge is 0.381 e. The number of rotatable bonds is 19. The van der Waals surface area contributed by atoms with Gasteiger partial charge in [0, 0.05) is 13.2 Å². The van der Waals surface area contributed by atoms with Crippen LogP contribution >= 0.6 is 0 Å². The second-order valence-electron chi connectivity index (χ2n) is 7.37. The standard InChI is InChI=1S/C21H45NO/c1-4-5-6-7-8-9-10-11-12-13-14-15-17-20-23-21-18-16-19-22(2)3/h4-21H2,1-3H3. The first-order valence-electron chi connectivity index (χ1n) is 10.5. The van der Waals surface area contributed by atoms with Crippen molar-refractivity contribution in [2.24, 2.45) is 0 Å². The van der Waals surface area contributed by atoms with Crippen LogP contribution in [0.25, 0.3) is 0 Å². The zero-order valence-electron chi connectivity index (χ0n) is 16.6. The van der Waals surface area contributed by atoms with Crippen molar-refractivity contribution in [3.8, 4) is 0 Å². The Bertz CT molecular complexity index is 206. The SMILES string of the molecule is CCCCCCCCCCCCCCCOCCCCN(C)C. The number of hydrogen-bond acceptors (Lipinski definition) is 2. The van der Waals surface area contributed by atoms with E-state index in [4.69, 9.17) is 4.74 Å². The second-order valence-corrected chi connectivity index (χ2v) is 7.37. The molecule has 0 aromatic heterocycles. The molecule has 0 radical (unpaired) electrons. The molecule has 0 amide bonds. The molecule has 0 atom stereocenters. The highest BCUT2D eigenvalue weighted by molar-refractivity contribution is 4.49. The molecule has 0 aliphatic carbocycles. The van der Waals surface area contributed by atoms with E-state index in [1.54, 1.807) is 0 Å². The molecule has 140 valence electrons. The lowest BCUT2D eigenvalue weighted by Crippen LogP contribution is -2.13. The lowest BCUT2D eigenvalue weighted by Gasteiger charge is -2.09. The van der Waals surface area contributed by atoms with Gasteiger partial charge in [0.05, 0.1) is 0 Å². The maximum atomic E-state index is 5.70. The van der Waals surface area contributed by atoms with E-state index in [1.807, 2.05) is 0 Å². The first-order chi connectivity index (χ1) is 11.3. The van der Waals surface area contributed by atoms with E-state index in [0.29, 0.717) is 0 Å². The number of hydrogen-bond donors (Lipinski definition) is 0. The third-order valence-corrected chi connectivity index (χ3v) is 4.54. The average Bonchev–Trinajstić information content (AvgIpc) is 2.53. The smallest absolute Gasteiger partial charge is 0.0466 e. The van der Waals surface area contributed by atoms with Crippen LogP contribution in [0.4, 0.5) is 0 Å². The van der Waals surface area contributed by atoms with Crippen molar-refractivity contribution >= 4 is 0 Å². The molecule has 0 unspecified atom stereocenters. The van der Waals surface area contributed by atoms with Crippen LogP contribution in [0.3, 0.4) is 0 Å². The number of unbranched alkanes of at least 4 members (excludes halogenated alkanes) is 13. The molecular weight excluding hydrogens is 282 g/mol. The topological polar surface area (TPSA) is 12.5 Å².